The van der Waals surface area contributed by atoms with Gasteiger partial charge in [-0.05, 0) is 62.9 Å². The molecule has 3 rings (SSSR count). The molecule has 0 spiro atoms. The Morgan fingerprint density at radius 3 is 2.83 bits per heavy atom. The first kappa shape index (κ1) is 16.4. The highest BCUT2D eigenvalue weighted by Crippen LogP contribution is 2.17. The molecular formula is C18H23N5O. The summed E-state index contributed by atoms with van der Waals surface area (Å²) in [7, 11) is 0. The molecule has 1 aliphatic carbocycles. The van der Waals surface area contributed by atoms with Crippen molar-refractivity contribution in [2.24, 2.45) is 5.92 Å². The Kier molecular flexibility index (Phi) is 5.38. The van der Waals surface area contributed by atoms with Gasteiger partial charge in [0.25, 0.3) is 0 Å². The summed E-state index contributed by atoms with van der Waals surface area (Å²) < 4.78 is 1.68. The second-order valence-electron chi connectivity index (χ2n) is 6.16. The number of amides is 1. The van der Waals surface area contributed by atoms with Crippen LogP contribution in [-0.4, -0.2) is 33.3 Å². The number of nitrogens with zero attached hydrogens (tertiary/aromatic N) is 3. The van der Waals surface area contributed by atoms with Gasteiger partial charge in [0, 0.05) is 5.69 Å². The Hall–Kier alpha value is -2.47. The number of hydrogen-bond donors (Lipinski definition) is 2. The molecule has 1 amide bonds. The van der Waals surface area contributed by atoms with Crippen molar-refractivity contribution in [3.8, 4) is 5.69 Å². The maximum absolute atomic E-state index is 12.3. The number of rotatable bonds is 6. The Bertz CT molecular complexity index is 678. The SMILES string of the molecule is C[C@H](NC[C@@H]1CC=CCC1)C(=O)Nc1ccc(-n2cncn2)cc1. The first-order valence-electron chi connectivity index (χ1n) is 8.36. The van der Waals surface area contributed by atoms with E-state index in [1.807, 2.05) is 31.2 Å². The standard InChI is InChI=1S/C18H23N5O/c1-14(20-11-15-5-3-2-4-6-15)18(24)22-16-7-9-17(10-8-16)23-13-19-12-21-23/h2-3,7-10,12-15,20H,4-6,11H2,1H3,(H,22,24)/t14-,15+/m0/s1. The monoisotopic (exact) mass is 325 g/mol. The van der Waals surface area contributed by atoms with Crippen LogP contribution in [-0.2, 0) is 4.79 Å². The van der Waals surface area contributed by atoms with E-state index in [0.29, 0.717) is 5.92 Å². The van der Waals surface area contributed by atoms with Crippen LogP contribution in [0.4, 0.5) is 5.69 Å². The van der Waals surface area contributed by atoms with Crippen LogP contribution in [0.1, 0.15) is 26.2 Å². The summed E-state index contributed by atoms with van der Waals surface area (Å²) in [5.41, 5.74) is 1.68. The van der Waals surface area contributed by atoms with Gasteiger partial charge in [-0.25, -0.2) is 9.67 Å². The summed E-state index contributed by atoms with van der Waals surface area (Å²) in [6.07, 6.45) is 11.0. The third-order valence-corrected chi connectivity index (χ3v) is 4.30. The predicted molar refractivity (Wildman–Crippen MR) is 93.9 cm³/mol. The molecule has 1 aromatic carbocycles. The largest absolute Gasteiger partial charge is 0.325 e. The quantitative estimate of drug-likeness (QED) is 0.801. The number of benzene rings is 1. The van der Waals surface area contributed by atoms with Crippen LogP contribution in [0, 0.1) is 5.92 Å². The average molecular weight is 325 g/mol. The second kappa shape index (κ2) is 7.88. The summed E-state index contributed by atoms with van der Waals surface area (Å²) >= 11 is 0. The van der Waals surface area contributed by atoms with E-state index in [9.17, 15) is 4.79 Å². The Balaban J connectivity index is 1.49. The van der Waals surface area contributed by atoms with E-state index < -0.39 is 0 Å². The first-order valence-corrected chi connectivity index (χ1v) is 8.36. The lowest BCUT2D eigenvalue weighted by Gasteiger charge is -2.21. The van der Waals surface area contributed by atoms with E-state index >= 15 is 0 Å². The highest BCUT2D eigenvalue weighted by Gasteiger charge is 2.16. The zero-order valence-corrected chi connectivity index (χ0v) is 13.9. The number of nitrogens with one attached hydrogen (secondary N) is 2. The molecule has 1 aromatic heterocycles. The van der Waals surface area contributed by atoms with Crippen molar-refractivity contribution in [2.75, 3.05) is 11.9 Å². The number of anilines is 1. The van der Waals surface area contributed by atoms with Gasteiger partial charge in [-0.1, -0.05) is 12.2 Å². The van der Waals surface area contributed by atoms with Gasteiger partial charge in [0.1, 0.15) is 12.7 Å². The van der Waals surface area contributed by atoms with Crippen molar-refractivity contribution in [1.29, 1.82) is 0 Å². The molecule has 2 atom stereocenters. The lowest BCUT2D eigenvalue weighted by molar-refractivity contribution is -0.117. The lowest BCUT2D eigenvalue weighted by atomic mass is 9.94. The minimum atomic E-state index is -0.217. The number of hydrogen-bond acceptors (Lipinski definition) is 4. The first-order chi connectivity index (χ1) is 11.7. The van der Waals surface area contributed by atoms with Crippen molar-refractivity contribution in [2.45, 2.75) is 32.2 Å². The van der Waals surface area contributed by atoms with Crippen LogP contribution in [0.2, 0.25) is 0 Å². The molecule has 0 fully saturated rings. The van der Waals surface area contributed by atoms with Gasteiger partial charge in [0.15, 0.2) is 0 Å². The van der Waals surface area contributed by atoms with E-state index in [0.717, 1.165) is 30.8 Å². The Morgan fingerprint density at radius 2 is 2.17 bits per heavy atom. The summed E-state index contributed by atoms with van der Waals surface area (Å²) in [4.78, 5) is 16.2. The molecule has 0 aliphatic heterocycles. The molecule has 126 valence electrons. The summed E-state index contributed by atoms with van der Waals surface area (Å²) in [6, 6.07) is 7.32. The summed E-state index contributed by atoms with van der Waals surface area (Å²) in [6.45, 7) is 2.78. The fourth-order valence-electron chi connectivity index (χ4n) is 2.77. The van der Waals surface area contributed by atoms with Crippen LogP contribution in [0.15, 0.2) is 49.1 Å². The molecule has 0 unspecified atom stereocenters. The van der Waals surface area contributed by atoms with Gasteiger partial charge >= 0.3 is 0 Å². The van der Waals surface area contributed by atoms with Crippen LogP contribution < -0.4 is 10.6 Å². The van der Waals surface area contributed by atoms with E-state index in [1.54, 1.807) is 11.0 Å². The molecule has 6 nitrogen and oxygen atoms in total. The van der Waals surface area contributed by atoms with E-state index in [2.05, 4.69) is 32.9 Å². The van der Waals surface area contributed by atoms with Crippen LogP contribution >= 0.6 is 0 Å². The zero-order chi connectivity index (χ0) is 16.8. The van der Waals surface area contributed by atoms with Gasteiger partial charge in [-0.2, -0.15) is 5.10 Å². The van der Waals surface area contributed by atoms with E-state index in [-0.39, 0.29) is 11.9 Å². The van der Waals surface area contributed by atoms with Crippen molar-refractivity contribution < 1.29 is 4.79 Å². The molecule has 1 aliphatic rings. The highest BCUT2D eigenvalue weighted by atomic mass is 16.2. The number of allylic oxidation sites excluding steroid dienone is 2. The summed E-state index contributed by atoms with van der Waals surface area (Å²) in [5, 5.41) is 10.4. The molecule has 0 saturated carbocycles. The molecular weight excluding hydrogens is 302 g/mol. The fourth-order valence-corrected chi connectivity index (χ4v) is 2.77. The molecule has 0 bridgehead atoms. The number of aromatic nitrogens is 3. The number of carbonyl (C=O) groups is 1. The normalized spacial score (nSPS) is 18.3. The topological polar surface area (TPSA) is 71.8 Å². The molecule has 2 aromatic rings. The van der Waals surface area contributed by atoms with Gasteiger partial charge in [-0.3, -0.25) is 4.79 Å². The van der Waals surface area contributed by atoms with Gasteiger partial charge in [-0.15, -0.1) is 0 Å². The third kappa shape index (κ3) is 4.29. The van der Waals surface area contributed by atoms with Crippen molar-refractivity contribution in [3.63, 3.8) is 0 Å². The van der Waals surface area contributed by atoms with Crippen molar-refractivity contribution in [3.05, 3.63) is 49.1 Å². The molecule has 24 heavy (non-hydrogen) atoms. The minimum Gasteiger partial charge on any atom is -0.325 e. The molecule has 1 heterocycles. The number of carbonyl (C=O) groups excluding carboxylic acids is 1. The molecule has 0 radical (unpaired) electrons. The van der Waals surface area contributed by atoms with Crippen molar-refractivity contribution >= 4 is 11.6 Å². The molecule has 6 heteroatoms. The van der Waals surface area contributed by atoms with Crippen molar-refractivity contribution in [1.82, 2.24) is 20.1 Å². The maximum Gasteiger partial charge on any atom is 0.241 e. The Labute approximate surface area is 142 Å². The predicted octanol–water partition coefficient (Wildman–Crippen LogP) is 2.54. The van der Waals surface area contributed by atoms with Gasteiger partial charge in [0.2, 0.25) is 5.91 Å². The van der Waals surface area contributed by atoms with E-state index in [4.69, 9.17) is 0 Å². The van der Waals surface area contributed by atoms with Gasteiger partial charge < -0.3 is 10.6 Å². The van der Waals surface area contributed by atoms with Crippen LogP contribution in [0.25, 0.3) is 5.69 Å². The lowest BCUT2D eigenvalue weighted by Crippen LogP contribution is -2.40. The molecule has 2 N–H and O–H groups in total. The maximum atomic E-state index is 12.3. The minimum absolute atomic E-state index is 0.0187. The van der Waals surface area contributed by atoms with Crippen LogP contribution in [0.5, 0.6) is 0 Å². The second-order valence-corrected chi connectivity index (χ2v) is 6.16. The van der Waals surface area contributed by atoms with E-state index in [1.165, 1.54) is 12.7 Å². The molecule has 0 saturated heterocycles. The summed E-state index contributed by atoms with van der Waals surface area (Å²) in [5.74, 6) is 0.613. The zero-order valence-electron chi connectivity index (χ0n) is 13.9. The average Bonchev–Trinajstić information content (AvgIpc) is 3.16. The smallest absolute Gasteiger partial charge is 0.241 e. The highest BCUT2D eigenvalue weighted by molar-refractivity contribution is 5.94. The fraction of sp³-hybridized carbons (Fsp3) is 0.389. The Morgan fingerprint density at radius 1 is 1.33 bits per heavy atom. The third-order valence-electron chi connectivity index (χ3n) is 4.30. The van der Waals surface area contributed by atoms with Gasteiger partial charge in [0.05, 0.1) is 11.7 Å². The van der Waals surface area contributed by atoms with Crippen LogP contribution in [0.3, 0.4) is 0 Å².